The standard InChI is InChI=1S/C14H15NO3/c16-10-6-2-1-5-9-15-13(17)11-7-3-4-8-12(11)14(15)18/h1-4,7-8,16H,5-6,9-10H2. The van der Waals surface area contributed by atoms with Gasteiger partial charge >= 0.3 is 0 Å². The van der Waals surface area contributed by atoms with Crippen molar-refractivity contribution in [3.05, 3.63) is 47.5 Å². The lowest BCUT2D eigenvalue weighted by Gasteiger charge is -2.11. The lowest BCUT2D eigenvalue weighted by molar-refractivity contribution is 0.0657. The van der Waals surface area contributed by atoms with Gasteiger partial charge in [-0.3, -0.25) is 14.5 Å². The molecule has 4 heteroatoms. The molecule has 1 aliphatic rings. The van der Waals surface area contributed by atoms with Crippen molar-refractivity contribution in [1.82, 2.24) is 4.90 Å². The number of aliphatic hydroxyl groups excluding tert-OH is 1. The number of hydrogen-bond acceptors (Lipinski definition) is 3. The van der Waals surface area contributed by atoms with Gasteiger partial charge in [-0.05, 0) is 25.0 Å². The SMILES string of the molecule is O=C1c2ccccc2C(=O)N1CCC=CCCO. The molecule has 1 aromatic rings. The van der Waals surface area contributed by atoms with Crippen LogP contribution in [0.5, 0.6) is 0 Å². The zero-order chi connectivity index (χ0) is 13.0. The molecule has 0 unspecified atom stereocenters. The first-order valence-electron chi connectivity index (χ1n) is 5.97. The lowest BCUT2D eigenvalue weighted by Crippen LogP contribution is -2.30. The van der Waals surface area contributed by atoms with Crippen LogP contribution in [-0.2, 0) is 0 Å². The number of imide groups is 1. The Labute approximate surface area is 106 Å². The lowest BCUT2D eigenvalue weighted by atomic mass is 10.1. The van der Waals surface area contributed by atoms with E-state index in [0.29, 0.717) is 30.5 Å². The number of amides is 2. The van der Waals surface area contributed by atoms with Gasteiger partial charge in [-0.2, -0.15) is 0 Å². The fraction of sp³-hybridized carbons (Fsp3) is 0.286. The highest BCUT2D eigenvalue weighted by molar-refractivity contribution is 6.21. The molecule has 2 rings (SSSR count). The Morgan fingerprint density at radius 3 is 2.11 bits per heavy atom. The molecule has 0 bridgehead atoms. The van der Waals surface area contributed by atoms with Crippen molar-refractivity contribution >= 4 is 11.8 Å². The minimum atomic E-state index is -0.217. The Morgan fingerprint density at radius 1 is 1.00 bits per heavy atom. The van der Waals surface area contributed by atoms with Gasteiger partial charge in [0.1, 0.15) is 0 Å². The molecule has 2 amide bonds. The van der Waals surface area contributed by atoms with Crippen LogP contribution in [0.25, 0.3) is 0 Å². The van der Waals surface area contributed by atoms with Gasteiger partial charge in [-0.15, -0.1) is 0 Å². The maximum Gasteiger partial charge on any atom is 0.261 e. The van der Waals surface area contributed by atoms with Crippen LogP contribution in [0.3, 0.4) is 0 Å². The largest absolute Gasteiger partial charge is 0.396 e. The van der Waals surface area contributed by atoms with Crippen LogP contribution in [0.4, 0.5) is 0 Å². The van der Waals surface area contributed by atoms with E-state index in [1.54, 1.807) is 24.3 Å². The third kappa shape index (κ3) is 2.33. The number of fused-ring (bicyclic) bond motifs is 1. The highest BCUT2D eigenvalue weighted by Crippen LogP contribution is 2.22. The molecular weight excluding hydrogens is 230 g/mol. The molecule has 0 fully saturated rings. The van der Waals surface area contributed by atoms with Crippen molar-refractivity contribution in [2.75, 3.05) is 13.2 Å². The van der Waals surface area contributed by atoms with E-state index in [-0.39, 0.29) is 18.4 Å². The van der Waals surface area contributed by atoms with Crippen LogP contribution in [0, 0.1) is 0 Å². The van der Waals surface area contributed by atoms with Crippen molar-refractivity contribution in [2.24, 2.45) is 0 Å². The van der Waals surface area contributed by atoms with Crippen molar-refractivity contribution in [1.29, 1.82) is 0 Å². The molecule has 0 saturated heterocycles. The fourth-order valence-corrected chi connectivity index (χ4v) is 1.96. The first kappa shape index (κ1) is 12.5. The van der Waals surface area contributed by atoms with Crippen LogP contribution in [-0.4, -0.2) is 35.0 Å². The summed E-state index contributed by atoms with van der Waals surface area (Å²) < 4.78 is 0. The molecule has 0 spiro atoms. The zero-order valence-corrected chi connectivity index (χ0v) is 10.0. The second kappa shape index (κ2) is 5.60. The van der Waals surface area contributed by atoms with E-state index in [4.69, 9.17) is 5.11 Å². The average molecular weight is 245 g/mol. The summed E-state index contributed by atoms with van der Waals surface area (Å²) in [5, 5.41) is 8.61. The predicted molar refractivity (Wildman–Crippen MR) is 67.3 cm³/mol. The van der Waals surface area contributed by atoms with Gasteiger partial charge in [0, 0.05) is 13.2 Å². The molecule has 0 aliphatic carbocycles. The first-order valence-corrected chi connectivity index (χ1v) is 5.97. The van der Waals surface area contributed by atoms with E-state index in [9.17, 15) is 9.59 Å². The van der Waals surface area contributed by atoms with Crippen molar-refractivity contribution in [3.8, 4) is 0 Å². The van der Waals surface area contributed by atoms with Crippen LogP contribution in [0.2, 0.25) is 0 Å². The maximum absolute atomic E-state index is 12.0. The smallest absolute Gasteiger partial charge is 0.261 e. The van der Waals surface area contributed by atoms with Gasteiger partial charge < -0.3 is 5.11 Å². The number of rotatable bonds is 5. The summed E-state index contributed by atoms with van der Waals surface area (Å²) in [6.45, 7) is 0.498. The molecule has 1 aromatic carbocycles. The molecule has 0 saturated carbocycles. The highest BCUT2D eigenvalue weighted by Gasteiger charge is 2.34. The summed E-state index contributed by atoms with van der Waals surface area (Å²) in [6, 6.07) is 6.87. The van der Waals surface area contributed by atoms with Crippen LogP contribution in [0.1, 0.15) is 33.6 Å². The van der Waals surface area contributed by atoms with Crippen molar-refractivity contribution < 1.29 is 14.7 Å². The fourth-order valence-electron chi connectivity index (χ4n) is 1.96. The van der Waals surface area contributed by atoms with Gasteiger partial charge in [0.05, 0.1) is 11.1 Å². The first-order chi connectivity index (χ1) is 8.75. The molecule has 0 radical (unpaired) electrons. The van der Waals surface area contributed by atoms with E-state index >= 15 is 0 Å². The summed E-state index contributed by atoms with van der Waals surface area (Å²) in [7, 11) is 0. The van der Waals surface area contributed by atoms with Gasteiger partial charge in [-0.1, -0.05) is 24.3 Å². The predicted octanol–water partition coefficient (Wildman–Crippen LogP) is 1.61. The maximum atomic E-state index is 12.0. The van der Waals surface area contributed by atoms with E-state index < -0.39 is 0 Å². The number of nitrogens with zero attached hydrogens (tertiary/aromatic N) is 1. The summed E-state index contributed by atoms with van der Waals surface area (Å²) in [4.78, 5) is 25.2. The summed E-state index contributed by atoms with van der Waals surface area (Å²) in [5.41, 5.74) is 0.976. The minimum absolute atomic E-state index is 0.115. The van der Waals surface area contributed by atoms with Crippen molar-refractivity contribution in [2.45, 2.75) is 12.8 Å². The number of benzene rings is 1. The molecule has 18 heavy (non-hydrogen) atoms. The monoisotopic (exact) mass is 245 g/mol. The Hall–Kier alpha value is -1.94. The summed E-state index contributed by atoms with van der Waals surface area (Å²) >= 11 is 0. The van der Waals surface area contributed by atoms with E-state index in [2.05, 4.69) is 0 Å². The molecule has 0 aromatic heterocycles. The van der Waals surface area contributed by atoms with Gasteiger partial charge in [0.25, 0.3) is 11.8 Å². The summed E-state index contributed by atoms with van der Waals surface area (Å²) in [5.74, 6) is -0.433. The third-order valence-electron chi connectivity index (χ3n) is 2.86. The minimum Gasteiger partial charge on any atom is -0.396 e. The van der Waals surface area contributed by atoms with Gasteiger partial charge in [-0.25, -0.2) is 0 Å². The molecular formula is C14H15NO3. The van der Waals surface area contributed by atoms with E-state index in [1.165, 1.54) is 4.90 Å². The number of carbonyl (C=O) groups excluding carboxylic acids is 2. The second-order valence-electron chi connectivity index (χ2n) is 4.08. The van der Waals surface area contributed by atoms with E-state index in [0.717, 1.165) is 0 Å². The molecule has 1 N–H and O–H groups in total. The second-order valence-corrected chi connectivity index (χ2v) is 4.08. The normalized spacial score (nSPS) is 14.6. The van der Waals surface area contributed by atoms with Crippen LogP contribution in [0.15, 0.2) is 36.4 Å². The van der Waals surface area contributed by atoms with E-state index in [1.807, 2.05) is 12.2 Å². The number of carbonyl (C=O) groups is 2. The average Bonchev–Trinajstić information content (AvgIpc) is 2.64. The highest BCUT2D eigenvalue weighted by atomic mass is 16.2. The number of aliphatic hydroxyl groups is 1. The Morgan fingerprint density at radius 2 is 1.56 bits per heavy atom. The quantitative estimate of drug-likeness (QED) is 0.633. The topological polar surface area (TPSA) is 57.6 Å². The Bertz CT molecular complexity index is 459. The van der Waals surface area contributed by atoms with Crippen LogP contribution < -0.4 is 0 Å². The van der Waals surface area contributed by atoms with Gasteiger partial charge in [0.2, 0.25) is 0 Å². The zero-order valence-electron chi connectivity index (χ0n) is 10.0. The molecule has 94 valence electrons. The van der Waals surface area contributed by atoms with Gasteiger partial charge in [0.15, 0.2) is 0 Å². The Kier molecular flexibility index (Phi) is 3.89. The molecule has 1 heterocycles. The molecule has 4 nitrogen and oxygen atoms in total. The number of hydrogen-bond donors (Lipinski definition) is 1. The molecule has 1 aliphatic heterocycles. The Balaban J connectivity index is 2.01. The van der Waals surface area contributed by atoms with Crippen molar-refractivity contribution in [3.63, 3.8) is 0 Å². The molecule has 0 atom stereocenters. The third-order valence-corrected chi connectivity index (χ3v) is 2.86. The summed E-state index contributed by atoms with van der Waals surface area (Å²) in [6.07, 6.45) is 4.94. The van der Waals surface area contributed by atoms with Crippen LogP contribution >= 0.6 is 0 Å².